The van der Waals surface area contributed by atoms with Crippen LogP contribution in [-0.4, -0.2) is 24.0 Å². The zero-order chi connectivity index (χ0) is 18.1. The number of nitrogens with one attached hydrogen (secondary N) is 1. The standard InChI is InChI=1S/C22H23NO3/c1-15-6-5-11-23(13-15)14-18-19(24)10-9-17-21(25)20(26-22(17)18)12-16-7-3-2-4-8-16/h2-4,7-10,12,15,24H,5-6,11,13-14H2,1H3/p+1/b20-12-/t15-/m0/s1. The maximum Gasteiger partial charge on any atom is 0.231 e. The molecule has 0 bridgehead atoms. The summed E-state index contributed by atoms with van der Waals surface area (Å²) in [6, 6.07) is 12.9. The van der Waals surface area contributed by atoms with Gasteiger partial charge in [0.15, 0.2) is 11.5 Å². The van der Waals surface area contributed by atoms with Gasteiger partial charge in [-0.15, -0.1) is 0 Å². The zero-order valence-electron chi connectivity index (χ0n) is 15.0. The van der Waals surface area contributed by atoms with Gasteiger partial charge in [-0.1, -0.05) is 37.3 Å². The topological polar surface area (TPSA) is 51.0 Å². The van der Waals surface area contributed by atoms with E-state index in [0.717, 1.165) is 24.2 Å². The van der Waals surface area contributed by atoms with Crippen LogP contribution >= 0.6 is 0 Å². The fourth-order valence-corrected chi connectivity index (χ4v) is 3.98. The molecule has 1 unspecified atom stereocenters. The molecule has 0 aliphatic carbocycles. The first kappa shape index (κ1) is 16.9. The van der Waals surface area contributed by atoms with Crippen LogP contribution in [0.25, 0.3) is 6.08 Å². The Balaban J connectivity index is 1.64. The van der Waals surface area contributed by atoms with Crippen molar-refractivity contribution in [2.75, 3.05) is 13.1 Å². The number of phenols is 1. The third-order valence-electron chi connectivity index (χ3n) is 5.30. The monoisotopic (exact) mass is 350 g/mol. The predicted molar refractivity (Wildman–Crippen MR) is 100 cm³/mol. The van der Waals surface area contributed by atoms with E-state index in [-0.39, 0.29) is 11.5 Å². The summed E-state index contributed by atoms with van der Waals surface area (Å²) in [5.74, 6) is 1.63. The zero-order valence-corrected chi connectivity index (χ0v) is 15.0. The molecule has 2 aromatic rings. The average Bonchev–Trinajstić information content (AvgIpc) is 2.95. The van der Waals surface area contributed by atoms with E-state index in [4.69, 9.17) is 4.74 Å². The summed E-state index contributed by atoms with van der Waals surface area (Å²) in [6.07, 6.45) is 4.23. The molecule has 26 heavy (non-hydrogen) atoms. The minimum Gasteiger partial charge on any atom is -0.507 e. The van der Waals surface area contributed by atoms with Gasteiger partial charge in [0.25, 0.3) is 0 Å². The molecule has 2 atom stereocenters. The molecule has 4 nitrogen and oxygen atoms in total. The molecule has 0 aromatic heterocycles. The maximum absolute atomic E-state index is 12.7. The number of aromatic hydroxyl groups is 1. The minimum atomic E-state index is -0.118. The number of benzene rings is 2. The first-order valence-electron chi connectivity index (χ1n) is 9.29. The molecule has 2 aromatic carbocycles. The summed E-state index contributed by atoms with van der Waals surface area (Å²) >= 11 is 0. The number of piperidine rings is 1. The number of allylic oxidation sites excluding steroid dienone is 1. The fourth-order valence-electron chi connectivity index (χ4n) is 3.98. The van der Waals surface area contributed by atoms with Crippen LogP contribution in [0.2, 0.25) is 0 Å². The number of Topliss-reactive ketones (excluding diaryl/α,β-unsaturated/α-hetero) is 1. The first-order chi connectivity index (χ1) is 12.6. The van der Waals surface area contributed by atoms with Gasteiger partial charge >= 0.3 is 0 Å². The molecule has 1 saturated heterocycles. The highest BCUT2D eigenvalue weighted by Gasteiger charge is 2.33. The molecule has 4 heteroatoms. The van der Waals surface area contributed by atoms with Crippen LogP contribution in [0.1, 0.15) is 41.3 Å². The van der Waals surface area contributed by atoms with Gasteiger partial charge in [0.1, 0.15) is 12.3 Å². The number of phenolic OH excluding ortho intramolecular Hbond substituents is 1. The highest BCUT2D eigenvalue weighted by atomic mass is 16.5. The SMILES string of the molecule is C[C@H]1CCC[NH+](Cc2c(O)ccc3c2O/C(=C\c2ccccc2)C3=O)C1. The van der Waals surface area contributed by atoms with Crippen molar-refractivity contribution in [3.63, 3.8) is 0 Å². The summed E-state index contributed by atoms with van der Waals surface area (Å²) in [7, 11) is 0. The summed E-state index contributed by atoms with van der Waals surface area (Å²) in [6.45, 7) is 5.14. The lowest BCUT2D eigenvalue weighted by molar-refractivity contribution is -0.922. The van der Waals surface area contributed by atoms with Crippen LogP contribution in [0.4, 0.5) is 0 Å². The van der Waals surface area contributed by atoms with Gasteiger partial charge in [0.2, 0.25) is 5.78 Å². The van der Waals surface area contributed by atoms with Gasteiger partial charge in [-0.2, -0.15) is 0 Å². The smallest absolute Gasteiger partial charge is 0.231 e. The molecule has 0 radical (unpaired) electrons. The Labute approximate surface area is 153 Å². The van der Waals surface area contributed by atoms with Crippen LogP contribution in [0.5, 0.6) is 11.5 Å². The Morgan fingerprint density at radius 2 is 2.04 bits per heavy atom. The predicted octanol–water partition coefficient (Wildman–Crippen LogP) is 2.82. The molecule has 0 saturated carbocycles. The summed E-state index contributed by atoms with van der Waals surface area (Å²) in [4.78, 5) is 14.2. The second-order valence-corrected chi connectivity index (χ2v) is 7.42. The first-order valence-corrected chi connectivity index (χ1v) is 9.29. The Bertz CT molecular complexity index is 857. The number of hydrogen-bond donors (Lipinski definition) is 2. The maximum atomic E-state index is 12.7. The number of carbonyl (C=O) groups excluding carboxylic acids is 1. The lowest BCUT2D eigenvalue weighted by Gasteiger charge is -2.28. The molecule has 2 N–H and O–H groups in total. The number of carbonyl (C=O) groups is 1. The van der Waals surface area contributed by atoms with Crippen molar-refractivity contribution < 1.29 is 19.5 Å². The molecule has 0 spiro atoms. The van der Waals surface area contributed by atoms with E-state index in [1.807, 2.05) is 30.3 Å². The van der Waals surface area contributed by atoms with Crippen molar-refractivity contribution in [1.82, 2.24) is 0 Å². The van der Waals surface area contributed by atoms with Crippen LogP contribution in [-0.2, 0) is 6.54 Å². The third-order valence-corrected chi connectivity index (χ3v) is 5.30. The van der Waals surface area contributed by atoms with Crippen LogP contribution < -0.4 is 9.64 Å². The molecule has 4 rings (SSSR count). The third kappa shape index (κ3) is 3.25. The quantitative estimate of drug-likeness (QED) is 0.837. The summed E-state index contributed by atoms with van der Waals surface area (Å²) in [5, 5.41) is 10.4. The van der Waals surface area contributed by atoms with Crippen LogP contribution in [0.3, 0.4) is 0 Å². The largest absolute Gasteiger partial charge is 0.507 e. The summed E-state index contributed by atoms with van der Waals surface area (Å²) in [5.41, 5.74) is 2.21. The van der Waals surface area contributed by atoms with Gasteiger partial charge in [-0.05, 0) is 36.6 Å². The number of quaternary nitrogens is 1. The van der Waals surface area contributed by atoms with Gasteiger partial charge in [0.05, 0.1) is 24.2 Å². The molecule has 0 amide bonds. The van der Waals surface area contributed by atoms with Gasteiger partial charge in [-0.25, -0.2) is 0 Å². The molecular weight excluding hydrogens is 326 g/mol. The van der Waals surface area contributed by atoms with E-state index in [2.05, 4.69) is 6.92 Å². The van der Waals surface area contributed by atoms with Crippen molar-refractivity contribution in [3.05, 3.63) is 64.9 Å². The Kier molecular flexibility index (Phi) is 4.51. The second-order valence-electron chi connectivity index (χ2n) is 7.42. The van der Waals surface area contributed by atoms with E-state index >= 15 is 0 Å². The lowest BCUT2D eigenvalue weighted by Crippen LogP contribution is -3.12. The van der Waals surface area contributed by atoms with E-state index in [1.165, 1.54) is 17.7 Å². The number of rotatable bonds is 3. The molecule has 134 valence electrons. The number of likely N-dealkylation sites (tertiary alicyclic amines) is 1. The van der Waals surface area contributed by atoms with Crippen molar-refractivity contribution >= 4 is 11.9 Å². The van der Waals surface area contributed by atoms with E-state index in [9.17, 15) is 9.90 Å². The van der Waals surface area contributed by atoms with Crippen molar-refractivity contribution in [1.29, 1.82) is 0 Å². The normalized spacial score (nSPS) is 23.7. The van der Waals surface area contributed by atoms with Gasteiger partial charge in [0, 0.05) is 5.92 Å². The number of ether oxygens (including phenoxy) is 1. The lowest BCUT2D eigenvalue weighted by atomic mass is 9.99. The van der Waals surface area contributed by atoms with E-state index in [0.29, 0.717) is 29.5 Å². The van der Waals surface area contributed by atoms with E-state index in [1.54, 1.807) is 18.2 Å². The van der Waals surface area contributed by atoms with Gasteiger partial charge < -0.3 is 14.7 Å². The second kappa shape index (κ2) is 6.96. The minimum absolute atomic E-state index is 0.118. The Hall–Kier alpha value is -2.59. The number of fused-ring (bicyclic) bond motifs is 1. The highest BCUT2D eigenvalue weighted by Crippen LogP contribution is 2.39. The molecule has 2 heterocycles. The van der Waals surface area contributed by atoms with Crippen LogP contribution in [0, 0.1) is 5.92 Å². The summed E-state index contributed by atoms with van der Waals surface area (Å²) < 4.78 is 5.94. The molecule has 2 aliphatic rings. The Morgan fingerprint density at radius 3 is 2.81 bits per heavy atom. The molecule has 2 aliphatic heterocycles. The Morgan fingerprint density at radius 1 is 1.23 bits per heavy atom. The van der Waals surface area contributed by atoms with Gasteiger partial charge in [-0.3, -0.25) is 4.79 Å². The highest BCUT2D eigenvalue weighted by molar-refractivity contribution is 6.14. The van der Waals surface area contributed by atoms with Crippen LogP contribution in [0.15, 0.2) is 48.2 Å². The van der Waals surface area contributed by atoms with Crippen molar-refractivity contribution in [2.45, 2.75) is 26.3 Å². The molecule has 1 fully saturated rings. The van der Waals surface area contributed by atoms with E-state index < -0.39 is 0 Å². The number of hydrogen-bond acceptors (Lipinski definition) is 3. The fraction of sp³-hybridized carbons (Fsp3) is 0.318. The number of ketones is 1. The molecular formula is C22H24NO3+. The van der Waals surface area contributed by atoms with Crippen molar-refractivity contribution in [2.24, 2.45) is 5.92 Å². The average molecular weight is 350 g/mol. The van der Waals surface area contributed by atoms with Crippen molar-refractivity contribution in [3.8, 4) is 11.5 Å².